The molecule has 0 spiro atoms. The van der Waals surface area contributed by atoms with Crippen LogP contribution in [0.15, 0.2) is 0 Å². The highest BCUT2D eigenvalue weighted by Crippen LogP contribution is 2.43. The van der Waals surface area contributed by atoms with Gasteiger partial charge in [0.15, 0.2) is 0 Å². The highest BCUT2D eigenvalue weighted by atomic mass is 16.6. The molecule has 2 aliphatic heterocycles. The second-order valence-corrected chi connectivity index (χ2v) is 6.50. The summed E-state index contributed by atoms with van der Waals surface area (Å²) in [6.07, 6.45) is 4.20. The Morgan fingerprint density at radius 2 is 1.55 bits per heavy atom. The van der Waals surface area contributed by atoms with Crippen LogP contribution in [-0.2, 0) is 28.7 Å². The molecule has 0 bridgehead atoms. The van der Waals surface area contributed by atoms with Crippen molar-refractivity contribution < 1.29 is 28.7 Å². The number of carbonyl (C=O) groups is 4. The van der Waals surface area contributed by atoms with Gasteiger partial charge in [0, 0.05) is 0 Å². The van der Waals surface area contributed by atoms with Gasteiger partial charge in [0.2, 0.25) is 0 Å². The summed E-state index contributed by atoms with van der Waals surface area (Å²) in [5.41, 5.74) is 0. The molecule has 6 nitrogen and oxygen atoms in total. The fourth-order valence-corrected chi connectivity index (χ4v) is 4.22. The second-order valence-electron chi connectivity index (χ2n) is 6.50. The van der Waals surface area contributed by atoms with Gasteiger partial charge in [-0.05, 0) is 38.0 Å². The molecule has 6 heteroatoms. The molecule has 0 radical (unpaired) electrons. The van der Waals surface area contributed by atoms with E-state index in [1.807, 2.05) is 6.92 Å². The van der Waals surface area contributed by atoms with Gasteiger partial charge in [-0.1, -0.05) is 13.3 Å². The molecule has 1 aliphatic carbocycles. The van der Waals surface area contributed by atoms with Crippen molar-refractivity contribution in [3.05, 3.63) is 0 Å². The smallest absolute Gasteiger partial charge is 0.317 e. The molecule has 120 valence electrons. The van der Waals surface area contributed by atoms with Gasteiger partial charge in [0.05, 0.1) is 23.7 Å². The monoisotopic (exact) mass is 308 g/mol. The van der Waals surface area contributed by atoms with E-state index >= 15 is 0 Å². The van der Waals surface area contributed by atoms with Crippen molar-refractivity contribution in [1.29, 1.82) is 0 Å². The number of carbonyl (C=O) groups excluding carboxylic acids is 4. The second kappa shape index (κ2) is 5.82. The highest BCUT2D eigenvalue weighted by molar-refractivity contribution is 5.97. The summed E-state index contributed by atoms with van der Waals surface area (Å²) in [4.78, 5) is 46.9. The Hall–Kier alpha value is -1.72. The molecule has 5 atom stereocenters. The van der Waals surface area contributed by atoms with Gasteiger partial charge in [-0.25, -0.2) is 0 Å². The van der Waals surface area contributed by atoms with Crippen LogP contribution in [0.25, 0.3) is 0 Å². The molecule has 0 aromatic heterocycles. The summed E-state index contributed by atoms with van der Waals surface area (Å²) in [5.74, 6) is -3.12. The van der Waals surface area contributed by atoms with Crippen molar-refractivity contribution in [1.82, 2.24) is 0 Å². The third-order valence-corrected chi connectivity index (χ3v) is 5.39. The van der Waals surface area contributed by atoms with Crippen molar-refractivity contribution in [2.45, 2.75) is 45.4 Å². The third-order valence-electron chi connectivity index (χ3n) is 5.39. The normalized spacial score (nSPS) is 38.0. The summed E-state index contributed by atoms with van der Waals surface area (Å²) >= 11 is 0. The molecular weight excluding hydrogens is 288 g/mol. The van der Waals surface area contributed by atoms with E-state index in [0.717, 1.165) is 12.8 Å². The molecule has 0 amide bonds. The molecule has 0 aromatic rings. The Labute approximate surface area is 128 Å². The molecule has 3 aliphatic rings. The molecule has 1 saturated carbocycles. The van der Waals surface area contributed by atoms with Crippen LogP contribution in [0, 0.1) is 29.6 Å². The van der Waals surface area contributed by atoms with Gasteiger partial charge in [-0.2, -0.15) is 0 Å². The maximum Gasteiger partial charge on any atom is 0.317 e. The first kappa shape index (κ1) is 15.2. The minimum Gasteiger partial charge on any atom is -0.393 e. The SMILES string of the molecule is CCC1C(=O)OC(=O)C1CCC1CCCC2C(=O)OC(=O)C12. The van der Waals surface area contributed by atoms with Gasteiger partial charge >= 0.3 is 23.9 Å². The third kappa shape index (κ3) is 2.44. The Bertz CT molecular complexity index is 525. The largest absolute Gasteiger partial charge is 0.393 e. The first-order valence-corrected chi connectivity index (χ1v) is 8.04. The summed E-state index contributed by atoms with van der Waals surface area (Å²) in [7, 11) is 0. The van der Waals surface area contributed by atoms with Crippen LogP contribution in [0.5, 0.6) is 0 Å². The van der Waals surface area contributed by atoms with E-state index in [4.69, 9.17) is 9.47 Å². The van der Waals surface area contributed by atoms with Crippen molar-refractivity contribution >= 4 is 23.9 Å². The molecule has 5 unspecified atom stereocenters. The highest BCUT2D eigenvalue weighted by Gasteiger charge is 2.50. The van der Waals surface area contributed by atoms with E-state index in [1.54, 1.807) is 0 Å². The zero-order valence-electron chi connectivity index (χ0n) is 12.6. The van der Waals surface area contributed by atoms with Gasteiger partial charge in [0.25, 0.3) is 0 Å². The van der Waals surface area contributed by atoms with Crippen LogP contribution < -0.4 is 0 Å². The molecular formula is C16H20O6. The average molecular weight is 308 g/mol. The Balaban J connectivity index is 1.66. The zero-order valence-corrected chi connectivity index (χ0v) is 12.6. The van der Waals surface area contributed by atoms with E-state index in [-0.39, 0.29) is 23.7 Å². The minimum absolute atomic E-state index is 0.0544. The average Bonchev–Trinajstić information content (AvgIpc) is 2.93. The number of fused-ring (bicyclic) bond motifs is 1. The van der Waals surface area contributed by atoms with E-state index in [9.17, 15) is 19.2 Å². The predicted octanol–water partition coefficient (Wildman–Crippen LogP) is 1.61. The molecule has 0 N–H and O–H groups in total. The molecule has 0 aromatic carbocycles. The van der Waals surface area contributed by atoms with Gasteiger partial charge in [-0.15, -0.1) is 0 Å². The van der Waals surface area contributed by atoms with E-state index in [1.165, 1.54) is 0 Å². The zero-order chi connectivity index (χ0) is 15.9. The maximum atomic E-state index is 11.9. The fraction of sp³-hybridized carbons (Fsp3) is 0.750. The lowest BCUT2D eigenvalue weighted by atomic mass is 9.70. The topological polar surface area (TPSA) is 86.7 Å². The van der Waals surface area contributed by atoms with Crippen molar-refractivity contribution in [2.75, 3.05) is 0 Å². The molecule has 3 fully saturated rings. The van der Waals surface area contributed by atoms with Gasteiger partial charge in [0.1, 0.15) is 0 Å². The van der Waals surface area contributed by atoms with E-state index in [0.29, 0.717) is 25.7 Å². The standard InChI is InChI=1S/C16H20O6/c1-2-9-10(14(18)21-13(9)17)7-6-8-4-3-5-11-12(8)16(20)22-15(11)19/h8-12H,2-7H2,1H3. The van der Waals surface area contributed by atoms with Gasteiger partial charge < -0.3 is 9.47 Å². The lowest BCUT2D eigenvalue weighted by molar-refractivity contribution is -0.155. The quantitative estimate of drug-likeness (QED) is 0.579. The van der Waals surface area contributed by atoms with Crippen LogP contribution in [0.2, 0.25) is 0 Å². The predicted molar refractivity (Wildman–Crippen MR) is 73.0 cm³/mol. The Morgan fingerprint density at radius 1 is 0.864 bits per heavy atom. The first-order valence-electron chi connectivity index (χ1n) is 8.04. The summed E-state index contributed by atoms with van der Waals surface area (Å²) in [6.45, 7) is 1.86. The summed E-state index contributed by atoms with van der Waals surface area (Å²) in [6, 6.07) is 0. The van der Waals surface area contributed by atoms with E-state index < -0.39 is 29.8 Å². The minimum atomic E-state index is -0.450. The van der Waals surface area contributed by atoms with Crippen LogP contribution in [0.3, 0.4) is 0 Å². The lowest BCUT2D eigenvalue weighted by Gasteiger charge is -2.29. The number of esters is 4. The number of cyclic esters (lactones) is 4. The molecule has 3 rings (SSSR count). The van der Waals surface area contributed by atoms with Crippen molar-refractivity contribution in [3.8, 4) is 0 Å². The number of rotatable bonds is 4. The fourth-order valence-electron chi connectivity index (χ4n) is 4.22. The van der Waals surface area contributed by atoms with E-state index in [2.05, 4.69) is 0 Å². The molecule has 2 saturated heterocycles. The number of ether oxygens (including phenoxy) is 2. The first-order chi connectivity index (χ1) is 10.5. The van der Waals surface area contributed by atoms with Crippen molar-refractivity contribution in [2.24, 2.45) is 29.6 Å². The number of hydrogen-bond donors (Lipinski definition) is 0. The molecule has 2 heterocycles. The summed E-state index contributed by atoms with van der Waals surface area (Å²) < 4.78 is 9.49. The van der Waals surface area contributed by atoms with Crippen molar-refractivity contribution in [3.63, 3.8) is 0 Å². The number of hydrogen-bond acceptors (Lipinski definition) is 6. The Morgan fingerprint density at radius 3 is 2.27 bits per heavy atom. The van der Waals surface area contributed by atoms with Gasteiger partial charge in [-0.3, -0.25) is 19.2 Å². The maximum absolute atomic E-state index is 11.9. The lowest BCUT2D eigenvalue weighted by Crippen LogP contribution is -2.31. The van der Waals surface area contributed by atoms with Crippen LogP contribution in [-0.4, -0.2) is 23.9 Å². The van der Waals surface area contributed by atoms with Crippen LogP contribution in [0.4, 0.5) is 0 Å². The molecule has 22 heavy (non-hydrogen) atoms. The summed E-state index contributed by atoms with van der Waals surface area (Å²) in [5, 5.41) is 0. The van der Waals surface area contributed by atoms with Crippen LogP contribution >= 0.6 is 0 Å². The van der Waals surface area contributed by atoms with Crippen LogP contribution in [0.1, 0.15) is 45.4 Å². The Kier molecular flexibility index (Phi) is 4.02.